The zero-order chi connectivity index (χ0) is 22.5. The highest BCUT2D eigenvalue weighted by Crippen LogP contribution is 2.25. The van der Waals surface area contributed by atoms with E-state index in [0.29, 0.717) is 18.7 Å². The number of nitrogens with zero attached hydrogens (tertiary/aromatic N) is 1. The molecule has 0 radical (unpaired) electrons. The minimum Gasteiger partial charge on any atom is -0.449 e. The van der Waals surface area contributed by atoms with Crippen LogP contribution in [0.1, 0.15) is 50.0 Å². The zero-order valence-electron chi connectivity index (χ0n) is 17.6. The summed E-state index contributed by atoms with van der Waals surface area (Å²) in [5.41, 5.74) is 1.99. The van der Waals surface area contributed by atoms with E-state index in [1.807, 2.05) is 19.1 Å². The summed E-state index contributed by atoms with van der Waals surface area (Å²) in [6.07, 6.45) is -0.534. The summed E-state index contributed by atoms with van der Waals surface area (Å²) in [4.78, 5) is 51.1. The molecule has 0 bridgehead atoms. The van der Waals surface area contributed by atoms with Crippen LogP contribution in [0.3, 0.4) is 0 Å². The Labute approximate surface area is 180 Å². The van der Waals surface area contributed by atoms with Gasteiger partial charge in [-0.25, -0.2) is 4.79 Å². The van der Waals surface area contributed by atoms with Crippen LogP contribution in [0.4, 0.5) is 5.69 Å². The van der Waals surface area contributed by atoms with Gasteiger partial charge in [-0.15, -0.1) is 0 Å². The van der Waals surface area contributed by atoms with Crippen LogP contribution in [0, 0.1) is 6.92 Å². The number of benzene rings is 2. The van der Waals surface area contributed by atoms with E-state index >= 15 is 0 Å². The van der Waals surface area contributed by atoms with Crippen molar-refractivity contribution in [3.8, 4) is 0 Å². The largest absolute Gasteiger partial charge is 0.449 e. The van der Waals surface area contributed by atoms with Gasteiger partial charge in [-0.1, -0.05) is 18.2 Å². The van der Waals surface area contributed by atoms with Crippen molar-refractivity contribution in [2.24, 2.45) is 0 Å². The Kier molecular flexibility index (Phi) is 6.81. The van der Waals surface area contributed by atoms with Crippen molar-refractivity contribution in [1.82, 2.24) is 4.90 Å². The van der Waals surface area contributed by atoms with Gasteiger partial charge < -0.3 is 14.8 Å². The van der Waals surface area contributed by atoms with E-state index in [1.165, 1.54) is 25.1 Å². The Balaban J connectivity index is 1.67. The molecule has 0 spiro atoms. The third-order valence-corrected chi connectivity index (χ3v) is 4.99. The number of ether oxygens (including phenoxy) is 2. The lowest BCUT2D eigenvalue weighted by Gasteiger charge is -2.15. The van der Waals surface area contributed by atoms with Crippen molar-refractivity contribution >= 4 is 29.4 Å². The summed E-state index contributed by atoms with van der Waals surface area (Å²) in [7, 11) is 1.54. The molecule has 162 valence electrons. The number of carbonyl (C=O) groups excluding carboxylic acids is 4. The number of hydrogen-bond acceptors (Lipinski definition) is 6. The molecule has 0 saturated carbocycles. The van der Waals surface area contributed by atoms with Gasteiger partial charge in [0.25, 0.3) is 17.7 Å². The summed E-state index contributed by atoms with van der Waals surface area (Å²) >= 11 is 0. The van der Waals surface area contributed by atoms with E-state index in [9.17, 15) is 19.2 Å². The molecule has 0 saturated heterocycles. The number of imide groups is 1. The summed E-state index contributed by atoms with van der Waals surface area (Å²) in [5, 5.41) is 2.72. The number of anilines is 1. The number of para-hydroxylation sites is 1. The van der Waals surface area contributed by atoms with Gasteiger partial charge in [0.15, 0.2) is 6.10 Å². The smallest absolute Gasteiger partial charge is 0.338 e. The molecule has 1 aliphatic heterocycles. The molecule has 2 aromatic carbocycles. The van der Waals surface area contributed by atoms with E-state index in [0.717, 1.165) is 10.5 Å². The van der Waals surface area contributed by atoms with Crippen LogP contribution in [0.5, 0.6) is 0 Å². The molecule has 8 heteroatoms. The lowest BCUT2D eigenvalue weighted by Crippen LogP contribution is -2.31. The van der Waals surface area contributed by atoms with Crippen LogP contribution in [0.2, 0.25) is 0 Å². The van der Waals surface area contributed by atoms with Crippen LogP contribution < -0.4 is 5.32 Å². The van der Waals surface area contributed by atoms with Gasteiger partial charge >= 0.3 is 5.97 Å². The Morgan fingerprint density at radius 3 is 2.48 bits per heavy atom. The molecule has 0 unspecified atom stereocenters. The second-order valence-corrected chi connectivity index (χ2v) is 7.22. The van der Waals surface area contributed by atoms with Crippen LogP contribution in [0.15, 0.2) is 42.5 Å². The third-order valence-electron chi connectivity index (χ3n) is 4.99. The molecule has 0 fully saturated rings. The molecule has 1 aliphatic rings. The zero-order valence-corrected chi connectivity index (χ0v) is 17.6. The summed E-state index contributed by atoms with van der Waals surface area (Å²) in [6, 6.07) is 11.4. The predicted octanol–water partition coefficient (Wildman–Crippen LogP) is 2.81. The van der Waals surface area contributed by atoms with Crippen molar-refractivity contribution in [2.45, 2.75) is 26.4 Å². The number of methoxy groups -OCH3 is 1. The summed E-state index contributed by atoms with van der Waals surface area (Å²) in [5.74, 6) is -2.09. The van der Waals surface area contributed by atoms with Gasteiger partial charge in [-0.2, -0.15) is 0 Å². The monoisotopic (exact) mass is 424 g/mol. The average Bonchev–Trinajstić information content (AvgIpc) is 2.99. The predicted molar refractivity (Wildman–Crippen MR) is 113 cm³/mol. The molecular weight excluding hydrogens is 400 g/mol. The normalized spacial score (nSPS) is 13.7. The highest BCUT2D eigenvalue weighted by Gasteiger charge is 2.35. The fourth-order valence-electron chi connectivity index (χ4n) is 3.22. The Morgan fingerprint density at radius 2 is 1.77 bits per heavy atom. The molecule has 3 rings (SSSR count). The Morgan fingerprint density at radius 1 is 1.06 bits per heavy atom. The van der Waals surface area contributed by atoms with Gasteiger partial charge in [0.05, 0.1) is 16.7 Å². The maximum Gasteiger partial charge on any atom is 0.338 e. The van der Waals surface area contributed by atoms with Crippen LogP contribution in [-0.4, -0.2) is 55.0 Å². The standard InChI is InChI=1S/C23H24N2O6/c1-14-7-4-5-8-19(14)24-20(26)15(2)31-23(29)16-9-10-17-18(13-16)22(28)25(21(17)27)11-6-12-30-3/h4-5,7-10,13,15H,6,11-12H2,1-3H3,(H,24,26)/t15-/m0/s1. The number of amides is 3. The number of fused-ring (bicyclic) bond motifs is 1. The van der Waals surface area contributed by atoms with Crippen molar-refractivity contribution in [1.29, 1.82) is 0 Å². The number of hydrogen-bond donors (Lipinski definition) is 1. The fourth-order valence-corrected chi connectivity index (χ4v) is 3.22. The molecule has 8 nitrogen and oxygen atoms in total. The van der Waals surface area contributed by atoms with Crippen molar-refractivity contribution in [3.63, 3.8) is 0 Å². The van der Waals surface area contributed by atoms with Crippen molar-refractivity contribution in [2.75, 3.05) is 25.6 Å². The van der Waals surface area contributed by atoms with E-state index < -0.39 is 29.8 Å². The molecule has 1 heterocycles. The molecular formula is C23H24N2O6. The van der Waals surface area contributed by atoms with Gasteiger partial charge in [0.2, 0.25) is 0 Å². The molecule has 0 aromatic heterocycles. The lowest BCUT2D eigenvalue weighted by atomic mass is 10.1. The van der Waals surface area contributed by atoms with E-state index in [-0.39, 0.29) is 23.2 Å². The van der Waals surface area contributed by atoms with E-state index in [1.54, 1.807) is 19.2 Å². The minimum absolute atomic E-state index is 0.0918. The Hall–Kier alpha value is -3.52. The van der Waals surface area contributed by atoms with E-state index in [4.69, 9.17) is 9.47 Å². The molecule has 1 N–H and O–H groups in total. The highest BCUT2D eigenvalue weighted by atomic mass is 16.5. The van der Waals surface area contributed by atoms with Gasteiger partial charge in [-0.05, 0) is 50.1 Å². The Bertz CT molecular complexity index is 1030. The van der Waals surface area contributed by atoms with Gasteiger partial charge in [0, 0.05) is 25.9 Å². The van der Waals surface area contributed by atoms with Crippen molar-refractivity contribution < 1.29 is 28.7 Å². The third kappa shape index (κ3) is 4.80. The molecule has 1 atom stereocenters. The quantitative estimate of drug-likeness (QED) is 0.397. The first-order valence-corrected chi connectivity index (χ1v) is 9.90. The number of carbonyl (C=O) groups is 4. The van der Waals surface area contributed by atoms with Crippen LogP contribution >= 0.6 is 0 Å². The SMILES string of the molecule is COCCCN1C(=O)c2ccc(C(=O)O[C@@H](C)C(=O)Nc3ccccc3C)cc2C1=O. The summed E-state index contributed by atoms with van der Waals surface area (Å²) < 4.78 is 10.2. The second-order valence-electron chi connectivity index (χ2n) is 7.22. The van der Waals surface area contributed by atoms with Gasteiger partial charge in [0.1, 0.15) is 0 Å². The minimum atomic E-state index is -1.05. The van der Waals surface area contributed by atoms with Crippen LogP contribution in [0.25, 0.3) is 0 Å². The van der Waals surface area contributed by atoms with Crippen molar-refractivity contribution in [3.05, 3.63) is 64.7 Å². The molecule has 31 heavy (non-hydrogen) atoms. The lowest BCUT2D eigenvalue weighted by molar-refractivity contribution is -0.123. The first-order chi connectivity index (χ1) is 14.8. The first-order valence-electron chi connectivity index (χ1n) is 9.90. The number of esters is 1. The van der Waals surface area contributed by atoms with Crippen LogP contribution in [-0.2, 0) is 14.3 Å². The maximum atomic E-state index is 12.6. The maximum absolute atomic E-state index is 12.6. The highest BCUT2D eigenvalue weighted by molar-refractivity contribution is 6.22. The molecule has 2 aromatic rings. The topological polar surface area (TPSA) is 102 Å². The first kappa shape index (κ1) is 22.2. The number of nitrogens with one attached hydrogen (secondary N) is 1. The second kappa shape index (κ2) is 9.53. The van der Waals surface area contributed by atoms with Gasteiger partial charge in [-0.3, -0.25) is 19.3 Å². The average molecular weight is 424 g/mol. The van der Waals surface area contributed by atoms with E-state index in [2.05, 4.69) is 5.32 Å². The number of rotatable bonds is 8. The number of aryl methyl sites for hydroxylation is 1. The molecule has 0 aliphatic carbocycles. The molecule has 3 amide bonds. The summed E-state index contributed by atoms with van der Waals surface area (Å²) in [6.45, 7) is 3.97. The fraction of sp³-hybridized carbons (Fsp3) is 0.304.